The maximum Gasteiger partial charge on any atom is 0.00507 e. The first-order valence-corrected chi connectivity index (χ1v) is 8.08. The van der Waals surface area contributed by atoms with Crippen LogP contribution < -0.4 is 5.73 Å². The van der Waals surface area contributed by atoms with Gasteiger partial charge in [0, 0.05) is 6.54 Å². The van der Waals surface area contributed by atoms with E-state index in [9.17, 15) is 0 Å². The summed E-state index contributed by atoms with van der Waals surface area (Å²) in [5.74, 6) is 0.747. The minimum absolute atomic E-state index is 0.317. The van der Waals surface area contributed by atoms with Gasteiger partial charge in [0.25, 0.3) is 0 Å². The van der Waals surface area contributed by atoms with Crippen LogP contribution in [0.5, 0.6) is 0 Å². The van der Waals surface area contributed by atoms with Gasteiger partial charge in [-0.3, -0.25) is 0 Å². The Morgan fingerprint density at radius 1 is 1.20 bits per heavy atom. The van der Waals surface area contributed by atoms with E-state index >= 15 is 0 Å². The van der Waals surface area contributed by atoms with Crippen molar-refractivity contribution in [1.82, 2.24) is 4.90 Å². The lowest BCUT2D eigenvalue weighted by Crippen LogP contribution is -2.25. The predicted octanol–water partition coefficient (Wildman–Crippen LogP) is 3.63. The lowest BCUT2D eigenvalue weighted by atomic mass is 9.87. The number of nitrogens with two attached hydrogens (primary N) is 1. The number of nitrogens with zero attached hydrogens (tertiary/aromatic N) is 1. The van der Waals surface area contributed by atoms with E-state index in [1.54, 1.807) is 0 Å². The third-order valence-corrected chi connectivity index (χ3v) is 4.67. The van der Waals surface area contributed by atoms with Crippen LogP contribution in [0, 0.1) is 5.41 Å². The van der Waals surface area contributed by atoms with Crippen LogP contribution in [0.25, 0.3) is 0 Å². The van der Waals surface area contributed by atoms with Crippen LogP contribution in [-0.2, 0) is 0 Å². The highest BCUT2D eigenvalue weighted by Crippen LogP contribution is 2.27. The standard InChI is InChI=1S/C18H30N2/c1-18(2,15-19)11-6-7-12-20-13-10-17(14-20)16-8-4-3-5-9-16/h3-5,8-9,17H,6-7,10-15,19H2,1-2H3. The van der Waals surface area contributed by atoms with Gasteiger partial charge in [-0.15, -0.1) is 0 Å². The van der Waals surface area contributed by atoms with Gasteiger partial charge in [-0.05, 0) is 55.8 Å². The number of hydrogen-bond acceptors (Lipinski definition) is 2. The van der Waals surface area contributed by atoms with E-state index in [4.69, 9.17) is 5.73 Å². The number of likely N-dealkylation sites (tertiary alicyclic amines) is 1. The maximum atomic E-state index is 5.78. The summed E-state index contributed by atoms with van der Waals surface area (Å²) >= 11 is 0. The number of benzene rings is 1. The minimum Gasteiger partial charge on any atom is -0.330 e. The zero-order chi connectivity index (χ0) is 14.4. The molecule has 1 fully saturated rings. The molecule has 0 spiro atoms. The Hall–Kier alpha value is -0.860. The van der Waals surface area contributed by atoms with Crippen molar-refractivity contribution in [2.75, 3.05) is 26.2 Å². The molecule has 1 unspecified atom stereocenters. The van der Waals surface area contributed by atoms with E-state index in [2.05, 4.69) is 49.1 Å². The lowest BCUT2D eigenvalue weighted by molar-refractivity contribution is 0.293. The van der Waals surface area contributed by atoms with Crippen molar-refractivity contribution in [3.8, 4) is 0 Å². The number of hydrogen-bond donors (Lipinski definition) is 1. The fourth-order valence-electron chi connectivity index (χ4n) is 3.07. The van der Waals surface area contributed by atoms with Crippen molar-refractivity contribution >= 4 is 0 Å². The quantitative estimate of drug-likeness (QED) is 0.769. The van der Waals surface area contributed by atoms with Crippen molar-refractivity contribution in [3.63, 3.8) is 0 Å². The molecule has 112 valence electrons. The second kappa shape index (κ2) is 7.24. The predicted molar refractivity (Wildman–Crippen MR) is 86.9 cm³/mol. The monoisotopic (exact) mass is 274 g/mol. The molecule has 1 aliphatic rings. The van der Waals surface area contributed by atoms with Crippen molar-refractivity contribution in [1.29, 1.82) is 0 Å². The summed E-state index contributed by atoms with van der Waals surface area (Å²) in [6.07, 6.45) is 5.18. The summed E-state index contributed by atoms with van der Waals surface area (Å²) in [6.45, 7) is 9.10. The average molecular weight is 274 g/mol. The molecule has 2 N–H and O–H groups in total. The molecule has 2 heteroatoms. The first-order valence-electron chi connectivity index (χ1n) is 8.08. The molecule has 0 radical (unpaired) electrons. The van der Waals surface area contributed by atoms with Crippen molar-refractivity contribution in [3.05, 3.63) is 35.9 Å². The third-order valence-electron chi connectivity index (χ3n) is 4.67. The van der Waals surface area contributed by atoms with E-state index < -0.39 is 0 Å². The SMILES string of the molecule is CC(C)(CN)CCCCN1CCC(c2ccccc2)C1. The Morgan fingerprint density at radius 3 is 2.65 bits per heavy atom. The molecule has 1 atom stereocenters. The fourth-order valence-corrected chi connectivity index (χ4v) is 3.07. The summed E-state index contributed by atoms with van der Waals surface area (Å²) in [5.41, 5.74) is 7.61. The van der Waals surface area contributed by atoms with Gasteiger partial charge in [-0.2, -0.15) is 0 Å². The van der Waals surface area contributed by atoms with Gasteiger partial charge in [-0.25, -0.2) is 0 Å². The molecule has 1 aromatic carbocycles. The van der Waals surface area contributed by atoms with Gasteiger partial charge in [-0.1, -0.05) is 50.6 Å². The Morgan fingerprint density at radius 2 is 1.95 bits per heavy atom. The molecule has 2 nitrogen and oxygen atoms in total. The molecule has 0 saturated carbocycles. The summed E-state index contributed by atoms with van der Waals surface area (Å²) in [6, 6.07) is 11.0. The zero-order valence-corrected chi connectivity index (χ0v) is 13.1. The molecule has 0 bridgehead atoms. The van der Waals surface area contributed by atoms with Gasteiger partial charge < -0.3 is 10.6 Å². The first-order chi connectivity index (χ1) is 9.61. The fraction of sp³-hybridized carbons (Fsp3) is 0.667. The van der Waals surface area contributed by atoms with Gasteiger partial charge in [0.1, 0.15) is 0 Å². The van der Waals surface area contributed by atoms with Crippen molar-refractivity contribution in [2.24, 2.45) is 11.1 Å². The molecule has 1 heterocycles. The molecular formula is C18H30N2. The molecule has 0 aromatic heterocycles. The van der Waals surface area contributed by atoms with Crippen molar-refractivity contribution in [2.45, 2.75) is 45.4 Å². The highest BCUT2D eigenvalue weighted by atomic mass is 15.1. The molecule has 20 heavy (non-hydrogen) atoms. The lowest BCUT2D eigenvalue weighted by Gasteiger charge is -2.23. The minimum atomic E-state index is 0.317. The van der Waals surface area contributed by atoms with Crippen LogP contribution in [0.1, 0.15) is 51.0 Å². The van der Waals surface area contributed by atoms with Crippen LogP contribution in [-0.4, -0.2) is 31.1 Å². The van der Waals surface area contributed by atoms with E-state index in [1.165, 1.54) is 50.9 Å². The van der Waals surface area contributed by atoms with Gasteiger partial charge in [0.2, 0.25) is 0 Å². The van der Waals surface area contributed by atoms with E-state index in [0.717, 1.165) is 12.5 Å². The molecular weight excluding hydrogens is 244 g/mol. The van der Waals surface area contributed by atoms with Crippen molar-refractivity contribution < 1.29 is 0 Å². The molecule has 1 aromatic rings. The Kier molecular flexibility index (Phi) is 5.62. The molecule has 0 aliphatic carbocycles. The normalized spacial score (nSPS) is 20.4. The van der Waals surface area contributed by atoms with E-state index in [0.29, 0.717) is 5.41 Å². The summed E-state index contributed by atoms with van der Waals surface area (Å²) < 4.78 is 0. The highest BCUT2D eigenvalue weighted by Gasteiger charge is 2.23. The number of rotatable bonds is 7. The Bertz CT molecular complexity index is 386. The van der Waals surface area contributed by atoms with Crippen LogP contribution in [0.4, 0.5) is 0 Å². The second-order valence-corrected chi connectivity index (χ2v) is 7.02. The number of unbranched alkanes of at least 4 members (excludes halogenated alkanes) is 1. The molecule has 0 amide bonds. The smallest absolute Gasteiger partial charge is 0.00507 e. The van der Waals surface area contributed by atoms with E-state index in [1.807, 2.05) is 0 Å². The first kappa shape index (κ1) is 15.5. The zero-order valence-electron chi connectivity index (χ0n) is 13.1. The molecule has 2 rings (SSSR count). The topological polar surface area (TPSA) is 29.3 Å². The van der Waals surface area contributed by atoms with Gasteiger partial charge in [0.15, 0.2) is 0 Å². The maximum absolute atomic E-state index is 5.78. The van der Waals surface area contributed by atoms with Crippen LogP contribution in [0.15, 0.2) is 30.3 Å². The summed E-state index contributed by atoms with van der Waals surface area (Å²) in [5, 5.41) is 0. The highest BCUT2D eigenvalue weighted by molar-refractivity contribution is 5.20. The van der Waals surface area contributed by atoms with Crippen LogP contribution in [0.2, 0.25) is 0 Å². The Labute approximate surface area is 124 Å². The van der Waals surface area contributed by atoms with E-state index in [-0.39, 0.29) is 0 Å². The van der Waals surface area contributed by atoms with Crippen LogP contribution >= 0.6 is 0 Å². The Balaban J connectivity index is 1.67. The molecule has 1 saturated heterocycles. The van der Waals surface area contributed by atoms with Crippen LogP contribution in [0.3, 0.4) is 0 Å². The summed E-state index contributed by atoms with van der Waals surface area (Å²) in [7, 11) is 0. The molecule has 1 aliphatic heterocycles. The second-order valence-electron chi connectivity index (χ2n) is 7.02. The van der Waals surface area contributed by atoms with Gasteiger partial charge >= 0.3 is 0 Å². The largest absolute Gasteiger partial charge is 0.330 e. The van der Waals surface area contributed by atoms with Gasteiger partial charge in [0.05, 0.1) is 0 Å². The third kappa shape index (κ3) is 4.60. The summed E-state index contributed by atoms with van der Waals surface area (Å²) in [4.78, 5) is 2.63. The average Bonchev–Trinajstić information content (AvgIpc) is 2.93.